The van der Waals surface area contributed by atoms with Crippen LogP contribution in [0.1, 0.15) is 16.1 Å². The normalized spacial score (nSPS) is 10.6. The van der Waals surface area contributed by atoms with Gasteiger partial charge in [-0.2, -0.15) is 0 Å². The number of hydrogen-bond donors (Lipinski definition) is 0. The molecule has 5 nitrogen and oxygen atoms in total. The van der Waals surface area contributed by atoms with Gasteiger partial charge in [-0.1, -0.05) is 16.8 Å². The number of nitrogens with zero attached hydrogens (tertiary/aromatic N) is 1. The molecule has 0 unspecified atom stereocenters. The minimum atomic E-state index is -0.784. The van der Waals surface area contributed by atoms with Crippen molar-refractivity contribution in [3.63, 3.8) is 0 Å². The lowest BCUT2D eigenvalue weighted by Gasteiger charge is -2.08. The van der Waals surface area contributed by atoms with Gasteiger partial charge in [0.05, 0.1) is 12.7 Å². The minimum absolute atomic E-state index is 0.0491. The van der Waals surface area contributed by atoms with E-state index in [1.54, 1.807) is 12.1 Å². The predicted molar refractivity (Wildman–Crippen MR) is 89.0 cm³/mol. The molecule has 3 aromatic rings. The van der Waals surface area contributed by atoms with Crippen molar-refractivity contribution in [1.82, 2.24) is 5.16 Å². The number of esters is 1. The van der Waals surface area contributed by atoms with Crippen LogP contribution in [0.2, 0.25) is 5.02 Å². The monoisotopic (exact) mass is 379 g/mol. The van der Waals surface area contributed by atoms with Crippen molar-refractivity contribution < 1.29 is 27.6 Å². The van der Waals surface area contributed by atoms with Gasteiger partial charge in [0.1, 0.15) is 35.2 Å². The van der Waals surface area contributed by atoms with Crippen molar-refractivity contribution in [1.29, 1.82) is 0 Å². The molecular weight excluding hydrogens is 368 g/mol. The number of benzene rings is 2. The largest absolute Gasteiger partial charge is 0.496 e. The molecule has 0 saturated carbocycles. The van der Waals surface area contributed by atoms with E-state index in [9.17, 15) is 13.6 Å². The highest BCUT2D eigenvalue weighted by Crippen LogP contribution is 2.26. The van der Waals surface area contributed by atoms with Gasteiger partial charge < -0.3 is 14.0 Å². The molecule has 0 radical (unpaired) electrons. The van der Waals surface area contributed by atoms with E-state index in [1.165, 1.54) is 25.3 Å². The van der Waals surface area contributed by atoms with Crippen LogP contribution in [0.4, 0.5) is 8.78 Å². The van der Waals surface area contributed by atoms with E-state index in [1.807, 2.05) is 0 Å². The first-order valence-corrected chi connectivity index (χ1v) is 7.77. The van der Waals surface area contributed by atoms with Crippen LogP contribution in [-0.4, -0.2) is 18.2 Å². The van der Waals surface area contributed by atoms with E-state index in [-0.39, 0.29) is 29.2 Å². The molecule has 0 aliphatic heterocycles. The summed E-state index contributed by atoms with van der Waals surface area (Å²) in [6.45, 7) is -0.208. The van der Waals surface area contributed by atoms with Crippen LogP contribution in [0.5, 0.6) is 5.75 Å². The lowest BCUT2D eigenvalue weighted by Crippen LogP contribution is -2.07. The number of carbonyl (C=O) groups is 1. The molecule has 0 bridgehead atoms. The third-order valence-corrected chi connectivity index (χ3v) is 3.72. The summed E-state index contributed by atoms with van der Waals surface area (Å²) in [6, 6.07) is 9.03. The van der Waals surface area contributed by atoms with E-state index in [0.29, 0.717) is 10.8 Å². The van der Waals surface area contributed by atoms with Crippen molar-refractivity contribution in [2.45, 2.75) is 6.61 Å². The van der Waals surface area contributed by atoms with Gasteiger partial charge in [-0.3, -0.25) is 0 Å². The quantitative estimate of drug-likeness (QED) is 0.604. The van der Waals surface area contributed by atoms with Gasteiger partial charge in [-0.15, -0.1) is 0 Å². The zero-order valence-corrected chi connectivity index (χ0v) is 14.2. The summed E-state index contributed by atoms with van der Waals surface area (Å²) in [7, 11) is 1.42. The van der Waals surface area contributed by atoms with Crippen LogP contribution in [0.3, 0.4) is 0 Å². The van der Waals surface area contributed by atoms with E-state index < -0.39 is 17.6 Å². The lowest BCUT2D eigenvalue weighted by atomic mass is 10.1. The smallest absolute Gasteiger partial charge is 0.342 e. The number of halogens is 3. The average Bonchev–Trinajstić information content (AvgIpc) is 3.08. The highest BCUT2D eigenvalue weighted by atomic mass is 35.5. The zero-order chi connectivity index (χ0) is 18.7. The number of methoxy groups -OCH3 is 1. The fourth-order valence-corrected chi connectivity index (χ4v) is 2.43. The highest BCUT2D eigenvalue weighted by Gasteiger charge is 2.17. The Kier molecular flexibility index (Phi) is 5.18. The molecule has 0 amide bonds. The third kappa shape index (κ3) is 3.83. The molecule has 0 saturated heterocycles. The zero-order valence-electron chi connectivity index (χ0n) is 13.5. The average molecular weight is 380 g/mol. The Morgan fingerprint density at radius 3 is 2.73 bits per heavy atom. The molecular formula is C18H12ClF2NO4. The van der Waals surface area contributed by atoms with E-state index in [0.717, 1.165) is 12.1 Å². The molecule has 134 valence electrons. The Labute approximate surface area is 152 Å². The van der Waals surface area contributed by atoms with Crippen molar-refractivity contribution >= 4 is 17.6 Å². The van der Waals surface area contributed by atoms with Crippen LogP contribution in [0, 0.1) is 11.6 Å². The molecule has 0 aliphatic carbocycles. The second kappa shape index (κ2) is 7.53. The maximum absolute atomic E-state index is 13.8. The first-order chi connectivity index (χ1) is 12.5. The molecule has 8 heteroatoms. The van der Waals surface area contributed by atoms with Crippen molar-refractivity contribution in [2.75, 3.05) is 7.11 Å². The SMILES string of the molecule is COc1ccc(Cl)cc1C(=O)OCc1cc(-c2ccc(F)cc2F)on1. The molecule has 0 atom stereocenters. The summed E-state index contributed by atoms with van der Waals surface area (Å²) >= 11 is 5.88. The molecule has 1 aromatic heterocycles. The Balaban J connectivity index is 1.72. The van der Waals surface area contributed by atoms with Gasteiger partial charge in [0.15, 0.2) is 5.76 Å². The summed E-state index contributed by atoms with van der Waals surface area (Å²) in [6.07, 6.45) is 0. The summed E-state index contributed by atoms with van der Waals surface area (Å²) in [5.41, 5.74) is 0.472. The Hall–Kier alpha value is -2.93. The van der Waals surface area contributed by atoms with Gasteiger partial charge in [0, 0.05) is 17.2 Å². The number of hydrogen-bond acceptors (Lipinski definition) is 5. The maximum Gasteiger partial charge on any atom is 0.342 e. The van der Waals surface area contributed by atoms with E-state index in [4.69, 9.17) is 25.6 Å². The van der Waals surface area contributed by atoms with Crippen LogP contribution in [0.15, 0.2) is 47.0 Å². The maximum atomic E-state index is 13.8. The van der Waals surface area contributed by atoms with Crippen LogP contribution < -0.4 is 4.74 Å². The number of aromatic nitrogens is 1. The van der Waals surface area contributed by atoms with Gasteiger partial charge >= 0.3 is 5.97 Å². The van der Waals surface area contributed by atoms with E-state index >= 15 is 0 Å². The molecule has 0 N–H and O–H groups in total. The van der Waals surface area contributed by atoms with Gasteiger partial charge in [-0.25, -0.2) is 13.6 Å². The molecule has 26 heavy (non-hydrogen) atoms. The second-order valence-electron chi connectivity index (χ2n) is 5.23. The van der Waals surface area contributed by atoms with Crippen molar-refractivity contribution in [3.05, 3.63) is 70.4 Å². The van der Waals surface area contributed by atoms with Crippen LogP contribution in [-0.2, 0) is 11.3 Å². The van der Waals surface area contributed by atoms with E-state index in [2.05, 4.69) is 5.16 Å². The minimum Gasteiger partial charge on any atom is -0.496 e. The summed E-state index contributed by atoms with van der Waals surface area (Å²) in [5.74, 6) is -1.74. The van der Waals surface area contributed by atoms with Crippen LogP contribution in [0.25, 0.3) is 11.3 Å². The first-order valence-electron chi connectivity index (χ1n) is 7.39. The predicted octanol–water partition coefficient (Wildman–Crippen LogP) is 4.64. The molecule has 0 spiro atoms. The Morgan fingerprint density at radius 2 is 2.00 bits per heavy atom. The molecule has 3 rings (SSSR count). The number of carbonyl (C=O) groups excluding carboxylic acids is 1. The fourth-order valence-electron chi connectivity index (χ4n) is 2.25. The standard InChI is InChI=1S/C18H12ClF2NO4/c1-24-16-5-2-10(19)6-14(16)18(23)25-9-12-8-17(26-22-12)13-4-3-11(20)7-15(13)21/h2-8H,9H2,1H3. The third-order valence-electron chi connectivity index (χ3n) is 3.49. The first kappa shape index (κ1) is 17.9. The summed E-state index contributed by atoms with van der Waals surface area (Å²) in [4.78, 5) is 12.2. The van der Waals surface area contributed by atoms with Gasteiger partial charge in [0.2, 0.25) is 0 Å². The van der Waals surface area contributed by atoms with Crippen LogP contribution >= 0.6 is 11.6 Å². The molecule has 0 aliphatic rings. The Morgan fingerprint density at radius 1 is 1.19 bits per heavy atom. The van der Waals surface area contributed by atoms with Crippen molar-refractivity contribution in [3.8, 4) is 17.1 Å². The summed E-state index contributed by atoms with van der Waals surface area (Å²) in [5, 5.41) is 4.07. The number of rotatable bonds is 5. The Bertz CT molecular complexity index is 958. The highest BCUT2D eigenvalue weighted by molar-refractivity contribution is 6.31. The second-order valence-corrected chi connectivity index (χ2v) is 5.66. The lowest BCUT2D eigenvalue weighted by molar-refractivity contribution is 0.0460. The summed E-state index contributed by atoms with van der Waals surface area (Å²) < 4.78 is 42.0. The van der Waals surface area contributed by atoms with Gasteiger partial charge in [-0.05, 0) is 30.3 Å². The van der Waals surface area contributed by atoms with Gasteiger partial charge in [0.25, 0.3) is 0 Å². The fraction of sp³-hybridized carbons (Fsp3) is 0.111. The molecule has 1 heterocycles. The topological polar surface area (TPSA) is 61.6 Å². The number of ether oxygens (including phenoxy) is 2. The van der Waals surface area contributed by atoms with Crippen molar-refractivity contribution in [2.24, 2.45) is 0 Å². The molecule has 0 fully saturated rings. The molecule has 2 aromatic carbocycles.